The summed E-state index contributed by atoms with van der Waals surface area (Å²) in [6.45, 7) is 1.90. The number of halogens is 1. The molecule has 2 heterocycles. The number of nitrogens with one attached hydrogen (secondary N) is 2. The zero-order chi connectivity index (χ0) is 14.3. The largest absolute Gasteiger partial charge is 0.466 e. The molecule has 6 nitrogen and oxygen atoms in total. The van der Waals surface area contributed by atoms with E-state index in [0.717, 1.165) is 7.11 Å². The first kappa shape index (κ1) is 17.9. The lowest BCUT2D eigenvalue weighted by Gasteiger charge is -2.01. The highest BCUT2D eigenvalue weighted by Crippen LogP contribution is 2.07. The highest BCUT2D eigenvalue weighted by molar-refractivity contribution is 6.38. The summed E-state index contributed by atoms with van der Waals surface area (Å²) in [5.41, 5.74) is 2.04. The third kappa shape index (κ3) is 5.71. The maximum atomic E-state index is 10.7. The second kappa shape index (κ2) is 8.92. The molecule has 0 aromatic carbocycles. The molecule has 0 saturated heterocycles. The molecule has 0 spiro atoms. The van der Waals surface area contributed by atoms with Crippen LogP contribution in [0.25, 0.3) is 11.0 Å². The van der Waals surface area contributed by atoms with Crippen molar-refractivity contribution >= 4 is 41.1 Å². The van der Waals surface area contributed by atoms with Crippen LogP contribution in [0.4, 0.5) is 0 Å². The molecule has 0 saturated carbocycles. The molecule has 0 aliphatic carbocycles. The van der Waals surface area contributed by atoms with Gasteiger partial charge in [0, 0.05) is 11.0 Å². The Bertz CT molecular complexity index is 507. The first-order valence-corrected chi connectivity index (χ1v) is 5.75. The molecule has 2 rings (SSSR count). The van der Waals surface area contributed by atoms with E-state index in [2.05, 4.69) is 38.7 Å². The van der Waals surface area contributed by atoms with Crippen molar-refractivity contribution in [2.75, 3.05) is 13.7 Å². The zero-order valence-electron chi connectivity index (χ0n) is 11.3. The van der Waals surface area contributed by atoms with E-state index in [1.807, 2.05) is 0 Å². The van der Waals surface area contributed by atoms with Gasteiger partial charge in [-0.1, -0.05) is 0 Å². The molecule has 2 aromatic heterocycles. The molecule has 2 N–H and O–H groups in total. The molecule has 20 heavy (non-hydrogen) atoms. The van der Waals surface area contributed by atoms with Gasteiger partial charge in [-0.25, -0.2) is 4.79 Å². The Hall–Kier alpha value is -2.08. The van der Waals surface area contributed by atoms with Crippen molar-refractivity contribution in [3.8, 4) is 0 Å². The summed E-state index contributed by atoms with van der Waals surface area (Å²) in [5, 5.41) is 7.03. The summed E-state index contributed by atoms with van der Waals surface area (Å²) < 4.78 is 8.74. The van der Waals surface area contributed by atoms with Gasteiger partial charge < -0.3 is 14.5 Å². The van der Waals surface area contributed by atoms with E-state index in [-0.39, 0.29) is 25.4 Å². The van der Waals surface area contributed by atoms with Crippen LogP contribution in [0.15, 0.2) is 24.3 Å². The number of hydrogen-bond donors (Lipinski definition) is 2. The van der Waals surface area contributed by atoms with Gasteiger partial charge in [0.05, 0.1) is 20.1 Å². The minimum absolute atomic E-state index is 0. The van der Waals surface area contributed by atoms with Gasteiger partial charge in [-0.3, -0.25) is 10.2 Å². The van der Waals surface area contributed by atoms with Gasteiger partial charge >= 0.3 is 11.9 Å². The Labute approximate surface area is 122 Å². The van der Waals surface area contributed by atoms with Crippen molar-refractivity contribution in [2.24, 2.45) is 0 Å². The lowest BCUT2D eigenvalue weighted by Crippen LogP contribution is -2.19. The first-order chi connectivity index (χ1) is 9.06. The Morgan fingerprint density at radius 2 is 1.70 bits per heavy atom. The fourth-order valence-corrected chi connectivity index (χ4v) is 1.36. The summed E-state index contributed by atoms with van der Waals surface area (Å²) in [6, 6.07) is 8.26. The molecule has 0 aliphatic heterocycles. The van der Waals surface area contributed by atoms with E-state index in [1.165, 1.54) is 11.0 Å². The van der Waals surface area contributed by atoms with Crippen molar-refractivity contribution < 1.29 is 19.1 Å². The van der Waals surface area contributed by atoms with Crippen molar-refractivity contribution in [3.63, 3.8) is 0 Å². The normalized spacial score (nSPS) is 9.10. The summed E-state index contributed by atoms with van der Waals surface area (Å²) in [4.78, 5) is 24.4. The predicted molar refractivity (Wildman–Crippen MR) is 77.7 cm³/mol. The van der Waals surface area contributed by atoms with Crippen molar-refractivity contribution in [3.05, 3.63) is 24.3 Å². The number of benzene rings is 1. The second-order valence-electron chi connectivity index (χ2n) is 3.65. The topological polar surface area (TPSA) is 92.2 Å². The quantitative estimate of drug-likeness (QED) is 0.668. The smallest absolute Gasteiger partial charge is 0.352 e. The van der Waals surface area contributed by atoms with Gasteiger partial charge in [0.1, 0.15) is 5.71 Å². The third-order valence-corrected chi connectivity index (χ3v) is 2.23. The van der Waals surface area contributed by atoms with Crippen LogP contribution >= 0.6 is 12.4 Å². The van der Waals surface area contributed by atoms with E-state index < -0.39 is 17.7 Å². The summed E-state index contributed by atoms with van der Waals surface area (Å²) in [6.07, 6.45) is -0.333. The molecule has 0 atom stereocenters. The van der Waals surface area contributed by atoms with E-state index >= 15 is 0 Å². The van der Waals surface area contributed by atoms with Gasteiger partial charge in [-0.15, -0.1) is 12.4 Å². The van der Waals surface area contributed by atoms with Gasteiger partial charge in [-0.05, 0) is 31.2 Å². The second-order valence-corrected chi connectivity index (χ2v) is 3.65. The first-order valence-electron chi connectivity index (χ1n) is 5.75. The summed E-state index contributed by atoms with van der Waals surface area (Å²) in [5.74, 6) is -1.39. The number of esters is 2. The zero-order valence-corrected chi connectivity index (χ0v) is 12.1. The Morgan fingerprint density at radius 3 is 2.00 bits per heavy atom. The van der Waals surface area contributed by atoms with Crippen LogP contribution in [-0.2, 0) is 19.1 Å². The molecule has 2 bridgehead atoms. The van der Waals surface area contributed by atoms with E-state index in [1.54, 1.807) is 6.92 Å². The highest BCUT2D eigenvalue weighted by atomic mass is 35.5. The molecule has 0 radical (unpaired) electrons. The van der Waals surface area contributed by atoms with Crippen LogP contribution < -0.4 is 0 Å². The van der Waals surface area contributed by atoms with Gasteiger partial charge in [-0.2, -0.15) is 0 Å². The molecule has 110 valence electrons. The average molecular weight is 301 g/mol. The van der Waals surface area contributed by atoms with Crippen LogP contribution in [0.2, 0.25) is 0 Å². The summed E-state index contributed by atoms with van der Waals surface area (Å²) >= 11 is 0. The monoisotopic (exact) mass is 300 g/mol. The molecule has 7 heteroatoms. The SMILES string of the molecule is CCOC(=O)CC(=N)C(=O)OC.Cl.c1cc2ccc1[nH]2. The highest BCUT2D eigenvalue weighted by Gasteiger charge is 2.14. The number of aromatic amines is 1. The number of carbonyl (C=O) groups excluding carboxylic acids is 2. The number of H-pyrrole nitrogens is 1. The van der Waals surface area contributed by atoms with E-state index in [0.29, 0.717) is 0 Å². The van der Waals surface area contributed by atoms with Crippen molar-refractivity contribution in [2.45, 2.75) is 13.3 Å². The number of carbonyl (C=O) groups is 2. The molecule has 0 fully saturated rings. The van der Waals surface area contributed by atoms with Crippen LogP contribution in [0.1, 0.15) is 13.3 Å². The number of hydrogen-bond acceptors (Lipinski definition) is 5. The molecule has 0 aliphatic rings. The fraction of sp³-hybridized carbons (Fsp3) is 0.308. The Morgan fingerprint density at radius 1 is 1.20 bits per heavy atom. The Balaban J connectivity index is 0.000000378. The number of rotatable bonds is 4. The van der Waals surface area contributed by atoms with Crippen molar-refractivity contribution in [1.82, 2.24) is 4.98 Å². The van der Waals surface area contributed by atoms with E-state index in [9.17, 15) is 9.59 Å². The van der Waals surface area contributed by atoms with Crippen LogP contribution in [0.3, 0.4) is 0 Å². The third-order valence-electron chi connectivity index (χ3n) is 2.23. The molecule has 0 unspecified atom stereocenters. The predicted octanol–water partition coefficient (Wildman–Crippen LogP) is 2.16. The number of ether oxygens (including phenoxy) is 2. The lowest BCUT2D eigenvalue weighted by atomic mass is 10.3. The maximum Gasteiger partial charge on any atom is 0.352 e. The summed E-state index contributed by atoms with van der Waals surface area (Å²) in [7, 11) is 1.15. The Kier molecular flexibility index (Phi) is 8.00. The van der Waals surface area contributed by atoms with Gasteiger partial charge in [0.15, 0.2) is 0 Å². The average Bonchev–Trinajstić information content (AvgIpc) is 3.03. The molecular weight excluding hydrogens is 284 g/mol. The minimum Gasteiger partial charge on any atom is -0.466 e. The molecule has 0 amide bonds. The maximum absolute atomic E-state index is 10.7. The number of methoxy groups -OCH3 is 1. The van der Waals surface area contributed by atoms with E-state index in [4.69, 9.17) is 5.41 Å². The van der Waals surface area contributed by atoms with Crippen LogP contribution in [-0.4, -0.2) is 36.4 Å². The van der Waals surface area contributed by atoms with Crippen molar-refractivity contribution in [1.29, 1.82) is 5.41 Å². The standard InChI is InChI=1S/C7H11NO4.C6H5N.ClH/c1-3-12-6(9)4-5(8)7(10)11-2;1-2-6-4-3-5(1)7-6;/h8H,3-4H2,1-2H3;1-4,7H;1H. The minimum atomic E-state index is -0.803. The van der Waals surface area contributed by atoms with Crippen LogP contribution in [0.5, 0.6) is 0 Å². The number of fused-ring (bicyclic) bond motifs is 2. The van der Waals surface area contributed by atoms with Gasteiger partial charge in [0.2, 0.25) is 0 Å². The molecular formula is C13H17ClN2O4. The number of aromatic nitrogens is 1. The lowest BCUT2D eigenvalue weighted by molar-refractivity contribution is -0.142. The fourth-order valence-electron chi connectivity index (χ4n) is 1.36. The van der Waals surface area contributed by atoms with Gasteiger partial charge in [0.25, 0.3) is 0 Å². The van der Waals surface area contributed by atoms with Crippen LogP contribution in [0, 0.1) is 5.41 Å². The molecule has 2 aromatic rings.